The minimum absolute atomic E-state index is 0.343. The van der Waals surface area contributed by atoms with E-state index < -0.39 is 0 Å². The summed E-state index contributed by atoms with van der Waals surface area (Å²) in [5, 5.41) is 4.67. The van der Waals surface area contributed by atoms with Gasteiger partial charge in [0, 0.05) is 21.9 Å². The molecule has 1 aromatic heterocycles. The number of nitrogens with zero attached hydrogens (tertiary/aromatic N) is 2. The first-order chi connectivity index (χ1) is 8.92. The van der Waals surface area contributed by atoms with E-state index in [1.807, 2.05) is 38.1 Å². The molecule has 0 saturated heterocycles. The third-order valence-corrected chi connectivity index (χ3v) is 3.51. The third kappa shape index (κ3) is 4.86. The molecular formula is C13H16ClN3OS. The smallest absolute Gasteiger partial charge is 0.228 e. The van der Waals surface area contributed by atoms with Gasteiger partial charge in [-0.25, -0.2) is 0 Å². The number of benzene rings is 1. The molecular weight excluding hydrogens is 282 g/mol. The van der Waals surface area contributed by atoms with Gasteiger partial charge in [0.05, 0.1) is 5.75 Å². The maximum atomic E-state index is 5.93. The number of rotatable bonds is 5. The van der Waals surface area contributed by atoms with Crippen LogP contribution in [-0.2, 0) is 12.2 Å². The van der Waals surface area contributed by atoms with Crippen molar-refractivity contribution in [3.63, 3.8) is 0 Å². The molecule has 6 heteroatoms. The fourth-order valence-electron chi connectivity index (χ4n) is 1.52. The molecule has 0 bridgehead atoms. The summed E-state index contributed by atoms with van der Waals surface area (Å²) in [4.78, 5) is 5.40. The standard InChI is InChI=1S/C13H16ClN3OS/c1-13(2,15)7-12-16-11(17-18-12)8-19-10-5-3-4-9(14)6-10/h3-6H,7-8,15H2,1-2H3. The maximum absolute atomic E-state index is 5.93. The predicted octanol–water partition coefficient (Wildman–Crippen LogP) is 3.30. The van der Waals surface area contributed by atoms with Gasteiger partial charge in [-0.3, -0.25) is 0 Å². The van der Waals surface area contributed by atoms with E-state index in [2.05, 4.69) is 10.1 Å². The van der Waals surface area contributed by atoms with Crippen LogP contribution in [0.15, 0.2) is 33.7 Å². The van der Waals surface area contributed by atoms with Gasteiger partial charge in [-0.1, -0.05) is 22.8 Å². The van der Waals surface area contributed by atoms with Crippen molar-refractivity contribution in [2.75, 3.05) is 0 Å². The zero-order chi connectivity index (χ0) is 13.9. The van der Waals surface area contributed by atoms with Crippen LogP contribution in [0, 0.1) is 0 Å². The second kappa shape index (κ2) is 5.94. The Balaban J connectivity index is 1.93. The molecule has 19 heavy (non-hydrogen) atoms. The van der Waals surface area contributed by atoms with Gasteiger partial charge in [0.2, 0.25) is 5.89 Å². The highest BCUT2D eigenvalue weighted by atomic mass is 35.5. The van der Waals surface area contributed by atoms with Gasteiger partial charge >= 0.3 is 0 Å². The van der Waals surface area contributed by atoms with Crippen molar-refractivity contribution in [2.24, 2.45) is 5.73 Å². The third-order valence-electron chi connectivity index (χ3n) is 2.28. The molecule has 2 N–H and O–H groups in total. The van der Waals surface area contributed by atoms with E-state index in [9.17, 15) is 0 Å². The molecule has 0 fully saturated rings. The van der Waals surface area contributed by atoms with Crippen molar-refractivity contribution in [3.05, 3.63) is 41.0 Å². The summed E-state index contributed by atoms with van der Waals surface area (Å²) in [6, 6.07) is 7.68. The lowest BCUT2D eigenvalue weighted by molar-refractivity contribution is 0.345. The van der Waals surface area contributed by atoms with Crippen molar-refractivity contribution in [2.45, 2.75) is 36.5 Å². The number of hydrogen-bond donors (Lipinski definition) is 1. The normalized spacial score (nSPS) is 11.8. The number of halogens is 1. The summed E-state index contributed by atoms with van der Waals surface area (Å²) in [7, 11) is 0. The van der Waals surface area contributed by atoms with Gasteiger partial charge in [-0.2, -0.15) is 4.98 Å². The average Bonchev–Trinajstić information content (AvgIpc) is 2.72. The molecule has 0 unspecified atom stereocenters. The first-order valence-corrected chi connectivity index (χ1v) is 7.27. The van der Waals surface area contributed by atoms with Crippen molar-refractivity contribution < 1.29 is 4.52 Å². The van der Waals surface area contributed by atoms with Crippen LogP contribution in [0.4, 0.5) is 0 Å². The zero-order valence-corrected chi connectivity index (χ0v) is 12.5. The fraction of sp³-hybridized carbons (Fsp3) is 0.385. The second-order valence-corrected chi connectivity index (χ2v) is 6.50. The van der Waals surface area contributed by atoms with Crippen LogP contribution in [0.1, 0.15) is 25.6 Å². The monoisotopic (exact) mass is 297 g/mol. The first kappa shape index (κ1) is 14.4. The first-order valence-electron chi connectivity index (χ1n) is 5.91. The Labute approximate surface area is 121 Å². The van der Waals surface area contributed by atoms with Crippen molar-refractivity contribution in [3.8, 4) is 0 Å². The SMILES string of the molecule is CC(C)(N)Cc1nc(CSc2cccc(Cl)c2)no1. The van der Waals surface area contributed by atoms with E-state index in [1.165, 1.54) is 0 Å². The molecule has 1 heterocycles. The van der Waals surface area contributed by atoms with Gasteiger partial charge in [0.25, 0.3) is 0 Å². The lowest BCUT2D eigenvalue weighted by Gasteiger charge is -2.14. The molecule has 0 aliphatic rings. The van der Waals surface area contributed by atoms with Gasteiger partial charge in [0.1, 0.15) is 0 Å². The van der Waals surface area contributed by atoms with Crippen LogP contribution in [0.3, 0.4) is 0 Å². The summed E-state index contributed by atoms with van der Waals surface area (Å²) in [6.45, 7) is 3.86. The molecule has 0 aliphatic carbocycles. The van der Waals surface area contributed by atoms with Crippen molar-refractivity contribution in [1.82, 2.24) is 10.1 Å². The lowest BCUT2D eigenvalue weighted by atomic mass is 10.0. The number of nitrogens with two attached hydrogens (primary N) is 1. The Morgan fingerprint density at radius 2 is 2.21 bits per heavy atom. The number of aromatic nitrogens is 2. The molecule has 2 aromatic rings. The van der Waals surface area contributed by atoms with Crippen LogP contribution < -0.4 is 5.73 Å². The minimum atomic E-state index is -0.343. The molecule has 0 saturated carbocycles. The Bertz CT molecular complexity index is 551. The average molecular weight is 298 g/mol. The van der Waals surface area contributed by atoms with Crippen LogP contribution in [-0.4, -0.2) is 15.7 Å². The van der Waals surface area contributed by atoms with E-state index in [-0.39, 0.29) is 5.54 Å². The van der Waals surface area contributed by atoms with Crippen molar-refractivity contribution >= 4 is 23.4 Å². The molecule has 0 radical (unpaired) electrons. The maximum Gasteiger partial charge on any atom is 0.228 e. The summed E-state index contributed by atoms with van der Waals surface area (Å²) in [6.07, 6.45) is 0.571. The van der Waals surface area contributed by atoms with Gasteiger partial charge in [-0.15, -0.1) is 11.8 Å². The summed E-state index contributed by atoms with van der Waals surface area (Å²) in [5.41, 5.74) is 5.57. The summed E-state index contributed by atoms with van der Waals surface area (Å²) >= 11 is 7.54. The van der Waals surface area contributed by atoms with Crippen LogP contribution in [0.2, 0.25) is 5.02 Å². The summed E-state index contributed by atoms with van der Waals surface area (Å²) in [5.74, 6) is 1.90. The van der Waals surface area contributed by atoms with E-state index >= 15 is 0 Å². The molecule has 0 amide bonds. The minimum Gasteiger partial charge on any atom is -0.339 e. The second-order valence-electron chi connectivity index (χ2n) is 5.02. The van der Waals surface area contributed by atoms with Crippen LogP contribution in [0.5, 0.6) is 0 Å². The molecule has 0 spiro atoms. The quantitative estimate of drug-likeness (QED) is 0.858. The molecule has 0 aliphatic heterocycles. The highest BCUT2D eigenvalue weighted by Gasteiger charge is 2.17. The van der Waals surface area contributed by atoms with E-state index in [4.69, 9.17) is 21.9 Å². The van der Waals surface area contributed by atoms with Crippen molar-refractivity contribution in [1.29, 1.82) is 0 Å². The lowest BCUT2D eigenvalue weighted by Crippen LogP contribution is -2.34. The number of thioether (sulfide) groups is 1. The predicted molar refractivity (Wildman–Crippen MR) is 77.3 cm³/mol. The molecule has 2 rings (SSSR count). The van der Waals surface area contributed by atoms with E-state index in [0.717, 1.165) is 9.92 Å². The highest BCUT2D eigenvalue weighted by Crippen LogP contribution is 2.24. The largest absolute Gasteiger partial charge is 0.339 e. The highest BCUT2D eigenvalue weighted by molar-refractivity contribution is 7.98. The van der Waals surface area contributed by atoms with Gasteiger partial charge < -0.3 is 10.3 Å². The van der Waals surface area contributed by atoms with E-state index in [1.54, 1.807) is 11.8 Å². The molecule has 4 nitrogen and oxygen atoms in total. The van der Waals surface area contributed by atoms with E-state index in [0.29, 0.717) is 23.9 Å². The van der Waals surface area contributed by atoms with Crippen LogP contribution >= 0.6 is 23.4 Å². The van der Waals surface area contributed by atoms with Gasteiger partial charge in [-0.05, 0) is 32.0 Å². The van der Waals surface area contributed by atoms with Crippen LogP contribution in [0.25, 0.3) is 0 Å². The molecule has 1 aromatic carbocycles. The van der Waals surface area contributed by atoms with Gasteiger partial charge in [0.15, 0.2) is 5.82 Å². The Morgan fingerprint density at radius 1 is 1.42 bits per heavy atom. The Morgan fingerprint density at radius 3 is 2.89 bits per heavy atom. The Kier molecular flexibility index (Phi) is 4.50. The topological polar surface area (TPSA) is 64.9 Å². The Hall–Kier alpha value is -1.04. The number of hydrogen-bond acceptors (Lipinski definition) is 5. The summed E-state index contributed by atoms with van der Waals surface area (Å²) < 4.78 is 5.17. The zero-order valence-electron chi connectivity index (χ0n) is 10.9. The molecule has 102 valence electrons. The molecule has 0 atom stereocenters. The fourth-order valence-corrected chi connectivity index (χ4v) is 2.57.